The maximum atomic E-state index is 11.2. The van der Waals surface area contributed by atoms with Crippen LogP contribution >= 0.6 is 11.6 Å². The SMILES string of the molecule is C=C/C(=C(OCC)\C(=C/C)OCc1ccc(Cl)cc1)C(O)c1c[nH]c2ncccc12. The van der Waals surface area contributed by atoms with Crippen LogP contribution in [0.2, 0.25) is 5.02 Å². The highest BCUT2D eigenvalue weighted by Gasteiger charge is 2.23. The first-order valence-electron chi connectivity index (χ1n) is 9.72. The molecular weight excluding hydrogens is 400 g/mol. The van der Waals surface area contributed by atoms with Crippen LogP contribution in [0.5, 0.6) is 0 Å². The summed E-state index contributed by atoms with van der Waals surface area (Å²) in [7, 11) is 0. The number of aliphatic hydroxyl groups excluding tert-OH is 1. The van der Waals surface area contributed by atoms with Gasteiger partial charge < -0.3 is 19.6 Å². The van der Waals surface area contributed by atoms with Gasteiger partial charge in [-0.05, 0) is 49.8 Å². The normalized spacial score (nSPS) is 13.7. The number of aliphatic hydroxyl groups is 1. The van der Waals surface area contributed by atoms with Gasteiger partial charge >= 0.3 is 0 Å². The summed E-state index contributed by atoms with van der Waals surface area (Å²) in [6, 6.07) is 11.2. The Bertz CT molecular complexity index is 1070. The Kier molecular flexibility index (Phi) is 7.33. The number of nitrogens with zero attached hydrogens (tertiary/aromatic N) is 1. The van der Waals surface area contributed by atoms with Crippen LogP contribution in [0.15, 0.2) is 84.6 Å². The van der Waals surface area contributed by atoms with E-state index in [1.54, 1.807) is 18.5 Å². The number of fused-ring (bicyclic) bond motifs is 1. The van der Waals surface area contributed by atoms with Crippen molar-refractivity contribution in [1.82, 2.24) is 9.97 Å². The van der Waals surface area contributed by atoms with Crippen molar-refractivity contribution in [2.45, 2.75) is 26.6 Å². The molecule has 2 aromatic heterocycles. The fourth-order valence-electron chi connectivity index (χ4n) is 3.16. The topological polar surface area (TPSA) is 67.4 Å². The quantitative estimate of drug-likeness (QED) is 0.334. The van der Waals surface area contributed by atoms with Crippen LogP contribution in [0.4, 0.5) is 0 Å². The maximum Gasteiger partial charge on any atom is 0.166 e. The molecule has 1 atom stereocenters. The zero-order chi connectivity index (χ0) is 21.5. The van der Waals surface area contributed by atoms with Gasteiger partial charge in [0, 0.05) is 33.9 Å². The molecule has 0 fully saturated rings. The minimum Gasteiger partial charge on any atom is -0.490 e. The molecule has 3 rings (SSSR count). The molecule has 5 nitrogen and oxygen atoms in total. The lowest BCUT2D eigenvalue weighted by Crippen LogP contribution is -2.09. The van der Waals surface area contributed by atoms with Crippen molar-refractivity contribution < 1.29 is 14.6 Å². The number of ether oxygens (including phenoxy) is 2. The van der Waals surface area contributed by atoms with E-state index in [0.717, 1.165) is 10.9 Å². The number of pyridine rings is 1. The lowest BCUT2D eigenvalue weighted by Gasteiger charge is -2.20. The third-order valence-corrected chi connectivity index (χ3v) is 4.89. The van der Waals surface area contributed by atoms with Crippen LogP contribution < -0.4 is 0 Å². The zero-order valence-electron chi connectivity index (χ0n) is 17.1. The first kappa shape index (κ1) is 21.7. The highest BCUT2D eigenvalue weighted by molar-refractivity contribution is 6.30. The highest BCUT2D eigenvalue weighted by Crippen LogP contribution is 2.33. The average Bonchev–Trinajstić information content (AvgIpc) is 3.20. The van der Waals surface area contributed by atoms with Gasteiger partial charge in [-0.3, -0.25) is 0 Å². The molecule has 6 heteroatoms. The molecule has 2 heterocycles. The van der Waals surface area contributed by atoms with Gasteiger partial charge in [0.1, 0.15) is 18.4 Å². The maximum absolute atomic E-state index is 11.2. The summed E-state index contributed by atoms with van der Waals surface area (Å²) >= 11 is 5.95. The van der Waals surface area contributed by atoms with E-state index >= 15 is 0 Å². The number of rotatable bonds is 9. The van der Waals surface area contributed by atoms with Crippen LogP contribution in [-0.2, 0) is 16.1 Å². The standard InChI is InChI=1S/C24H25ClN2O3/c1-4-18(22(28)20-14-27-24-19(20)8-7-13-26-24)23(29-6-3)21(5-2)30-15-16-9-11-17(25)12-10-16/h4-5,7-14,22,28H,1,6,15H2,2-3H3,(H,26,27)/b21-5+,23-18-. The Hall–Kier alpha value is -3.02. The van der Waals surface area contributed by atoms with Crippen molar-refractivity contribution >= 4 is 22.6 Å². The largest absolute Gasteiger partial charge is 0.490 e. The van der Waals surface area contributed by atoms with Crippen LogP contribution in [0.1, 0.15) is 31.1 Å². The van der Waals surface area contributed by atoms with Gasteiger partial charge in [-0.2, -0.15) is 0 Å². The van der Waals surface area contributed by atoms with E-state index in [2.05, 4.69) is 16.5 Å². The Labute approximate surface area is 181 Å². The van der Waals surface area contributed by atoms with Gasteiger partial charge in [0.2, 0.25) is 0 Å². The lowest BCUT2D eigenvalue weighted by molar-refractivity contribution is 0.138. The molecule has 0 bridgehead atoms. The van der Waals surface area contributed by atoms with E-state index in [1.807, 2.05) is 56.3 Å². The second-order valence-electron chi connectivity index (χ2n) is 6.54. The van der Waals surface area contributed by atoms with E-state index in [9.17, 15) is 5.11 Å². The summed E-state index contributed by atoms with van der Waals surface area (Å²) in [4.78, 5) is 7.37. The number of H-pyrrole nitrogens is 1. The number of nitrogens with one attached hydrogen (secondary N) is 1. The van der Waals surface area contributed by atoms with Crippen molar-refractivity contribution in [2.24, 2.45) is 0 Å². The summed E-state index contributed by atoms with van der Waals surface area (Å²) in [5, 5.41) is 12.7. The van der Waals surface area contributed by atoms with Gasteiger partial charge in [-0.25, -0.2) is 4.98 Å². The Morgan fingerprint density at radius 1 is 1.27 bits per heavy atom. The minimum absolute atomic E-state index is 0.338. The van der Waals surface area contributed by atoms with Crippen molar-refractivity contribution in [2.75, 3.05) is 6.61 Å². The van der Waals surface area contributed by atoms with Crippen LogP contribution in [0.25, 0.3) is 11.0 Å². The van der Waals surface area contributed by atoms with Crippen LogP contribution in [0, 0.1) is 0 Å². The fourth-order valence-corrected chi connectivity index (χ4v) is 3.29. The molecule has 0 aliphatic carbocycles. The third-order valence-electron chi connectivity index (χ3n) is 4.64. The third kappa shape index (κ3) is 4.75. The smallest absolute Gasteiger partial charge is 0.166 e. The highest BCUT2D eigenvalue weighted by atomic mass is 35.5. The van der Waals surface area contributed by atoms with Gasteiger partial charge in [0.15, 0.2) is 11.5 Å². The Morgan fingerprint density at radius 2 is 2.03 bits per heavy atom. The van der Waals surface area contributed by atoms with E-state index in [4.69, 9.17) is 21.1 Å². The first-order chi connectivity index (χ1) is 14.6. The molecular formula is C24H25ClN2O3. The number of aromatic amines is 1. The number of benzene rings is 1. The second kappa shape index (κ2) is 10.1. The zero-order valence-corrected chi connectivity index (χ0v) is 17.8. The van der Waals surface area contributed by atoms with Crippen LogP contribution in [0.3, 0.4) is 0 Å². The number of hydrogen-bond acceptors (Lipinski definition) is 4. The molecule has 0 amide bonds. The molecule has 30 heavy (non-hydrogen) atoms. The molecule has 0 aliphatic rings. The molecule has 0 spiro atoms. The summed E-state index contributed by atoms with van der Waals surface area (Å²) in [6.45, 7) is 8.39. The molecule has 0 aliphatic heterocycles. The van der Waals surface area contributed by atoms with E-state index in [-0.39, 0.29) is 0 Å². The number of aromatic nitrogens is 2. The summed E-state index contributed by atoms with van der Waals surface area (Å²) in [6.07, 6.45) is 5.90. The Morgan fingerprint density at radius 3 is 2.70 bits per heavy atom. The van der Waals surface area contributed by atoms with Gasteiger partial charge in [0.05, 0.1) is 6.61 Å². The second-order valence-corrected chi connectivity index (χ2v) is 6.97. The summed E-state index contributed by atoms with van der Waals surface area (Å²) < 4.78 is 11.9. The van der Waals surface area contributed by atoms with Gasteiger partial charge in [-0.15, -0.1) is 0 Å². The van der Waals surface area contributed by atoms with Crippen molar-refractivity contribution in [3.8, 4) is 0 Å². The first-order valence-corrected chi connectivity index (χ1v) is 10.1. The number of allylic oxidation sites excluding steroid dienone is 1. The molecule has 0 saturated carbocycles. The van der Waals surface area contributed by atoms with Crippen molar-refractivity contribution in [3.63, 3.8) is 0 Å². The van der Waals surface area contributed by atoms with E-state index < -0.39 is 6.10 Å². The molecule has 156 valence electrons. The lowest BCUT2D eigenvalue weighted by atomic mass is 9.99. The summed E-state index contributed by atoms with van der Waals surface area (Å²) in [5.74, 6) is 0.980. The van der Waals surface area contributed by atoms with Crippen molar-refractivity contribution in [3.05, 3.63) is 101 Å². The number of hydrogen-bond donors (Lipinski definition) is 2. The molecule has 1 unspecified atom stereocenters. The molecule has 3 aromatic rings. The predicted octanol–water partition coefficient (Wildman–Crippen LogP) is 5.85. The van der Waals surface area contributed by atoms with E-state index in [0.29, 0.717) is 46.5 Å². The molecule has 1 aromatic carbocycles. The molecule has 0 saturated heterocycles. The molecule has 0 radical (unpaired) electrons. The van der Waals surface area contributed by atoms with Gasteiger partial charge in [0.25, 0.3) is 0 Å². The van der Waals surface area contributed by atoms with Crippen molar-refractivity contribution in [1.29, 1.82) is 0 Å². The molecule has 2 N–H and O–H groups in total. The monoisotopic (exact) mass is 424 g/mol. The van der Waals surface area contributed by atoms with Crippen LogP contribution in [-0.4, -0.2) is 21.7 Å². The fraction of sp³-hybridized carbons (Fsp3) is 0.208. The summed E-state index contributed by atoms with van der Waals surface area (Å²) in [5.41, 5.74) is 2.89. The minimum atomic E-state index is -0.962. The Balaban J connectivity index is 1.94. The average molecular weight is 425 g/mol. The van der Waals surface area contributed by atoms with E-state index in [1.165, 1.54) is 0 Å². The predicted molar refractivity (Wildman–Crippen MR) is 120 cm³/mol. The van der Waals surface area contributed by atoms with Gasteiger partial charge in [-0.1, -0.05) is 36.4 Å². The number of halogens is 1.